The van der Waals surface area contributed by atoms with Gasteiger partial charge in [-0.2, -0.15) is 0 Å². The van der Waals surface area contributed by atoms with E-state index in [4.69, 9.17) is 14.0 Å². The number of halogens is 2. The van der Waals surface area contributed by atoms with Crippen molar-refractivity contribution in [3.8, 4) is 0 Å². The summed E-state index contributed by atoms with van der Waals surface area (Å²) in [6.45, 7) is 0. The molecule has 0 radical (unpaired) electrons. The third-order valence-corrected chi connectivity index (χ3v) is 0. The van der Waals surface area contributed by atoms with Crippen LogP contribution in [0.25, 0.3) is 0 Å². The minimum Gasteiger partial charge on any atom is -0.321 e. The van der Waals surface area contributed by atoms with Gasteiger partial charge in [-0.1, -0.05) is 0 Å². The molecule has 0 fully saturated rings. The summed E-state index contributed by atoms with van der Waals surface area (Å²) in [6, 6.07) is 0. The van der Waals surface area contributed by atoms with E-state index in [9.17, 15) is 0 Å². The molecule has 0 aromatic rings. The Morgan fingerprint density at radius 1 is 1.33 bits per heavy atom. The molecule has 0 unspecified atom stereocenters. The van der Waals surface area contributed by atoms with Crippen LogP contribution < -0.4 is 9.32 Å². The van der Waals surface area contributed by atoms with Gasteiger partial charge in [0.2, 0.25) is 0 Å². The topological polar surface area (TPSA) is 66.3 Å². The van der Waals surface area contributed by atoms with Gasteiger partial charge in [-0.05, 0) is 0 Å². The number of hydrogen-bond acceptors (Lipinski definition) is 3. The standard InChI is InChI=1S/ClHO3.ClH.K.H/c2-1(3)4;;;/h2H;1H;;. The molecule has 0 aliphatic rings. The van der Waals surface area contributed by atoms with Gasteiger partial charge in [0.25, 0.3) is 10.8 Å². The van der Waals surface area contributed by atoms with Gasteiger partial charge in [0, 0.05) is 4.66 Å². The van der Waals surface area contributed by atoms with Gasteiger partial charge >= 0.3 is 51.4 Å². The Bertz CT molecular complexity index is 13.5. The van der Waals surface area contributed by atoms with Crippen LogP contribution in [0.1, 0.15) is 0 Å². The Morgan fingerprint density at radius 3 is 1.33 bits per heavy atom. The molecule has 1 N–H and O–H groups in total. The molecule has 0 aromatic heterocycles. The molecule has 0 aliphatic carbocycles. The number of hydrogen-bond donors (Lipinski definition) is 1. The van der Waals surface area contributed by atoms with Gasteiger partial charge in [-0.3, -0.25) is 0 Å². The van der Waals surface area contributed by atoms with Crippen LogP contribution in [0.4, 0.5) is 0 Å². The zero-order chi connectivity index (χ0) is 3.58. The molecule has 0 heterocycles. The van der Waals surface area contributed by atoms with Crippen molar-refractivity contribution in [2.45, 2.75) is 0 Å². The van der Waals surface area contributed by atoms with Crippen molar-refractivity contribution in [2.24, 2.45) is 0 Å². The maximum atomic E-state index is 8.52. The molecular formula is H3Cl2KO3. The first kappa shape index (κ1) is 15.7. The largest absolute Gasteiger partial charge is 0.321 e. The van der Waals surface area contributed by atoms with E-state index in [1.165, 1.54) is 0 Å². The second kappa shape index (κ2) is 10.2. The molecule has 0 spiro atoms. The fourth-order valence-corrected chi connectivity index (χ4v) is 0. The van der Waals surface area contributed by atoms with Gasteiger partial charge in [-0.15, -0.1) is 12.4 Å². The summed E-state index contributed by atoms with van der Waals surface area (Å²) < 4.78 is 24.0. The quantitative estimate of drug-likeness (QED) is 0.381. The minimum atomic E-state index is -2.60. The first-order chi connectivity index (χ1) is 1.73. The first-order valence-corrected chi connectivity index (χ1v) is 1.43. The molecule has 0 saturated carbocycles. The summed E-state index contributed by atoms with van der Waals surface area (Å²) in [5.41, 5.74) is 0. The van der Waals surface area contributed by atoms with Crippen LogP contribution in [-0.4, -0.2) is 56.0 Å². The number of rotatable bonds is 0. The summed E-state index contributed by atoms with van der Waals surface area (Å²) in [5, 5.41) is 0. The average Bonchev–Trinajstić information content (AvgIpc) is 0.811. The summed E-state index contributed by atoms with van der Waals surface area (Å²) in [4.78, 5) is 0. The molecule has 0 aromatic carbocycles. The van der Waals surface area contributed by atoms with Crippen LogP contribution >= 0.6 is 12.4 Å². The summed E-state index contributed by atoms with van der Waals surface area (Å²) >= 11 is 0. The molecule has 6 heteroatoms. The van der Waals surface area contributed by atoms with E-state index < -0.39 is 10.8 Å². The smallest absolute Gasteiger partial charge is 0.282 e. The van der Waals surface area contributed by atoms with Crippen molar-refractivity contribution in [3.05, 3.63) is 0 Å². The van der Waals surface area contributed by atoms with Crippen molar-refractivity contribution in [2.75, 3.05) is 0 Å². The second-order valence-corrected chi connectivity index (χ2v) is 0.603. The summed E-state index contributed by atoms with van der Waals surface area (Å²) in [5.74, 6) is 0. The summed E-state index contributed by atoms with van der Waals surface area (Å²) in [6.07, 6.45) is 0. The van der Waals surface area contributed by atoms with E-state index in [1.54, 1.807) is 0 Å². The van der Waals surface area contributed by atoms with Crippen LogP contribution in [0.3, 0.4) is 0 Å². The van der Waals surface area contributed by atoms with Gasteiger partial charge < -0.3 is 9.32 Å². The average molecular weight is 161 g/mol. The molecule has 0 rings (SSSR count). The fourth-order valence-electron chi connectivity index (χ4n) is 0. The van der Waals surface area contributed by atoms with Gasteiger partial charge in [0.05, 0.1) is 0 Å². The molecule has 6 heavy (non-hydrogen) atoms. The van der Waals surface area contributed by atoms with E-state index in [0.29, 0.717) is 0 Å². The van der Waals surface area contributed by atoms with E-state index in [1.807, 2.05) is 0 Å². The normalized spacial score (nSPS) is 6.00. The van der Waals surface area contributed by atoms with Crippen LogP contribution in [0.2, 0.25) is 0 Å². The first-order valence-electron chi connectivity index (χ1n) is 0.478. The van der Waals surface area contributed by atoms with E-state index in [-0.39, 0.29) is 63.8 Å². The van der Waals surface area contributed by atoms with Crippen molar-refractivity contribution in [1.82, 2.24) is 0 Å². The third-order valence-electron chi connectivity index (χ3n) is 0. The fraction of sp³-hybridized carbons (Fsp3) is 0. The SMILES string of the molecule is Cl.[KH].[O-][Cl+2]([O-])O. The Balaban J connectivity index is -0.0000000450. The van der Waals surface area contributed by atoms with Crippen molar-refractivity contribution in [1.29, 1.82) is 0 Å². The van der Waals surface area contributed by atoms with Gasteiger partial charge in [0.1, 0.15) is 0 Å². The third kappa shape index (κ3) is 36.0. The summed E-state index contributed by atoms with van der Waals surface area (Å²) in [7, 11) is -2.60. The van der Waals surface area contributed by atoms with E-state index in [2.05, 4.69) is 0 Å². The molecular weight excluding hydrogens is 158 g/mol. The zero-order valence-corrected chi connectivity index (χ0v) is 3.62. The molecule has 3 nitrogen and oxygen atoms in total. The Morgan fingerprint density at radius 2 is 1.33 bits per heavy atom. The maximum absolute atomic E-state index is 8.52. The Labute approximate surface area is 87.0 Å². The Kier molecular flexibility index (Phi) is 26.6. The van der Waals surface area contributed by atoms with Crippen molar-refractivity contribution in [3.63, 3.8) is 0 Å². The van der Waals surface area contributed by atoms with E-state index >= 15 is 0 Å². The molecule has 0 aliphatic heterocycles. The monoisotopic (exact) mass is 160 g/mol. The van der Waals surface area contributed by atoms with Crippen LogP contribution in [-0.2, 0) is 0 Å². The molecule has 36 valence electrons. The van der Waals surface area contributed by atoms with Crippen molar-refractivity contribution >= 4 is 63.8 Å². The molecule has 0 bridgehead atoms. The van der Waals surface area contributed by atoms with Crippen LogP contribution in [0, 0.1) is 10.8 Å². The predicted molar refractivity (Wildman–Crippen MR) is 16.6 cm³/mol. The second-order valence-electron chi connectivity index (χ2n) is 0.201. The van der Waals surface area contributed by atoms with Gasteiger partial charge in [0.15, 0.2) is 0 Å². The van der Waals surface area contributed by atoms with Crippen LogP contribution in [0.15, 0.2) is 0 Å². The van der Waals surface area contributed by atoms with Crippen LogP contribution in [0.5, 0.6) is 0 Å². The molecule has 0 saturated heterocycles. The molecule has 0 amide bonds. The Hall–Kier alpha value is 2.10. The molecule has 0 atom stereocenters. The predicted octanol–water partition coefficient (Wildman–Crippen LogP) is -3.16. The van der Waals surface area contributed by atoms with E-state index in [0.717, 1.165) is 0 Å². The van der Waals surface area contributed by atoms with Crippen molar-refractivity contribution < 1.29 is 24.8 Å². The zero-order valence-electron chi connectivity index (χ0n) is 2.05. The van der Waals surface area contributed by atoms with Gasteiger partial charge in [-0.25, -0.2) is 0 Å². The maximum Gasteiger partial charge on any atom is 0.282 e. The minimum absolute atomic E-state index is 0.